The fraction of sp³-hybridized carbons (Fsp3) is 0.364. The molecular weight excluding hydrogens is 206 g/mol. The van der Waals surface area contributed by atoms with E-state index >= 15 is 0 Å². The van der Waals surface area contributed by atoms with Crippen LogP contribution in [0.2, 0.25) is 0 Å². The van der Waals surface area contributed by atoms with E-state index in [4.69, 9.17) is 11.5 Å². The van der Waals surface area contributed by atoms with E-state index in [1.165, 1.54) is 17.7 Å². The minimum Gasteiger partial charge on any atom is -0.370 e. The van der Waals surface area contributed by atoms with E-state index in [1.54, 1.807) is 0 Å². The van der Waals surface area contributed by atoms with Crippen LogP contribution in [0, 0.1) is 0 Å². The number of aliphatic imine (C=N–C) groups is 1. The fourth-order valence-electron chi connectivity index (χ4n) is 1.10. The van der Waals surface area contributed by atoms with Gasteiger partial charge in [-0.1, -0.05) is 13.3 Å². The maximum atomic E-state index is 5.28. The van der Waals surface area contributed by atoms with Crippen molar-refractivity contribution in [1.82, 2.24) is 0 Å². The molecule has 0 unspecified atom stereocenters. The molecule has 0 aliphatic heterocycles. The van der Waals surface area contributed by atoms with Gasteiger partial charge in [-0.2, -0.15) is 0 Å². The van der Waals surface area contributed by atoms with E-state index in [9.17, 15) is 0 Å². The zero-order chi connectivity index (χ0) is 11.1. The summed E-state index contributed by atoms with van der Waals surface area (Å²) in [7, 11) is 0. The number of unbranched alkanes of at least 4 members (excludes halogenated alkanes) is 1. The number of benzene rings is 1. The van der Waals surface area contributed by atoms with E-state index in [0.717, 1.165) is 11.4 Å². The molecule has 0 fully saturated rings. The number of nitrogens with two attached hydrogens (primary N) is 2. The highest BCUT2D eigenvalue weighted by Gasteiger charge is 1.94. The molecule has 0 spiro atoms. The summed E-state index contributed by atoms with van der Waals surface area (Å²) in [4.78, 5) is 5.22. The monoisotopic (exact) mass is 223 g/mol. The molecule has 0 bridgehead atoms. The molecule has 0 aliphatic rings. The van der Waals surface area contributed by atoms with Gasteiger partial charge in [-0.05, 0) is 36.4 Å². The Morgan fingerprint density at radius 3 is 2.47 bits per heavy atom. The second kappa shape index (κ2) is 6.35. The Kier molecular flexibility index (Phi) is 5.04. The number of nitrogens with zero attached hydrogens (tertiary/aromatic N) is 1. The first-order valence-corrected chi connectivity index (χ1v) is 6.03. The first-order valence-electron chi connectivity index (χ1n) is 5.05. The molecule has 0 heterocycles. The molecule has 82 valence electrons. The van der Waals surface area contributed by atoms with E-state index in [-0.39, 0.29) is 5.96 Å². The Labute approximate surface area is 95.0 Å². The second-order valence-electron chi connectivity index (χ2n) is 3.23. The highest BCUT2D eigenvalue weighted by atomic mass is 32.2. The minimum atomic E-state index is 0.0985. The third-order valence-corrected chi connectivity index (χ3v) is 2.96. The van der Waals surface area contributed by atoms with Gasteiger partial charge in [0.25, 0.3) is 0 Å². The topological polar surface area (TPSA) is 64.4 Å². The molecular formula is C11H17N3S. The summed E-state index contributed by atoms with van der Waals surface area (Å²) >= 11 is 1.86. The third kappa shape index (κ3) is 4.74. The maximum absolute atomic E-state index is 5.28. The van der Waals surface area contributed by atoms with Crippen LogP contribution in [0.1, 0.15) is 19.8 Å². The first kappa shape index (κ1) is 11.9. The summed E-state index contributed by atoms with van der Waals surface area (Å²) in [5.74, 6) is 1.26. The van der Waals surface area contributed by atoms with Crippen molar-refractivity contribution in [2.45, 2.75) is 24.7 Å². The van der Waals surface area contributed by atoms with Crippen molar-refractivity contribution in [2.75, 3.05) is 5.75 Å². The van der Waals surface area contributed by atoms with Crippen LogP contribution in [0.4, 0.5) is 5.69 Å². The molecule has 4 heteroatoms. The van der Waals surface area contributed by atoms with Gasteiger partial charge in [-0.25, -0.2) is 4.99 Å². The average Bonchev–Trinajstić information content (AvgIpc) is 2.20. The summed E-state index contributed by atoms with van der Waals surface area (Å²) in [5, 5.41) is 0. The molecule has 1 aromatic rings. The van der Waals surface area contributed by atoms with Crippen molar-refractivity contribution < 1.29 is 0 Å². The van der Waals surface area contributed by atoms with Crippen molar-refractivity contribution in [3.05, 3.63) is 24.3 Å². The van der Waals surface area contributed by atoms with Crippen LogP contribution >= 0.6 is 11.8 Å². The predicted molar refractivity (Wildman–Crippen MR) is 67.5 cm³/mol. The molecule has 0 aliphatic carbocycles. The van der Waals surface area contributed by atoms with Gasteiger partial charge in [-0.3, -0.25) is 0 Å². The molecule has 15 heavy (non-hydrogen) atoms. The molecule has 0 atom stereocenters. The van der Waals surface area contributed by atoms with Gasteiger partial charge >= 0.3 is 0 Å². The van der Waals surface area contributed by atoms with Gasteiger partial charge in [-0.15, -0.1) is 11.8 Å². The molecule has 0 aromatic heterocycles. The van der Waals surface area contributed by atoms with Gasteiger partial charge in [0.2, 0.25) is 0 Å². The van der Waals surface area contributed by atoms with E-state index in [1.807, 2.05) is 36.0 Å². The Bertz CT molecular complexity index is 315. The lowest BCUT2D eigenvalue weighted by Gasteiger charge is -2.01. The van der Waals surface area contributed by atoms with Crippen molar-refractivity contribution >= 4 is 23.4 Å². The zero-order valence-electron chi connectivity index (χ0n) is 8.94. The summed E-state index contributed by atoms with van der Waals surface area (Å²) in [6.45, 7) is 2.20. The number of hydrogen-bond acceptors (Lipinski definition) is 2. The Morgan fingerprint density at radius 2 is 1.93 bits per heavy atom. The van der Waals surface area contributed by atoms with Crippen molar-refractivity contribution in [3.8, 4) is 0 Å². The lowest BCUT2D eigenvalue weighted by atomic mass is 10.3. The molecule has 3 nitrogen and oxygen atoms in total. The number of hydrogen-bond donors (Lipinski definition) is 2. The van der Waals surface area contributed by atoms with Crippen LogP contribution in [0.3, 0.4) is 0 Å². The van der Waals surface area contributed by atoms with Gasteiger partial charge in [0.15, 0.2) is 5.96 Å². The normalized spacial score (nSPS) is 9.93. The summed E-state index contributed by atoms with van der Waals surface area (Å²) in [6.07, 6.45) is 2.49. The second-order valence-corrected chi connectivity index (χ2v) is 4.40. The van der Waals surface area contributed by atoms with Crippen LogP contribution in [0.25, 0.3) is 0 Å². The highest BCUT2D eigenvalue weighted by molar-refractivity contribution is 7.99. The standard InChI is InChI=1S/C11H17N3S/c1-2-3-8-15-10-6-4-9(5-7-10)14-11(12)13/h4-7H,2-3,8H2,1H3,(H4,12,13,14). The van der Waals surface area contributed by atoms with Crippen LogP contribution in [0.5, 0.6) is 0 Å². The molecule has 1 rings (SSSR count). The van der Waals surface area contributed by atoms with Crippen molar-refractivity contribution in [2.24, 2.45) is 16.5 Å². The van der Waals surface area contributed by atoms with E-state index in [0.29, 0.717) is 0 Å². The molecule has 1 aromatic carbocycles. The van der Waals surface area contributed by atoms with Crippen LogP contribution in [0.15, 0.2) is 34.2 Å². The lowest BCUT2D eigenvalue weighted by molar-refractivity contribution is 0.896. The van der Waals surface area contributed by atoms with Crippen LogP contribution in [-0.4, -0.2) is 11.7 Å². The molecule has 0 amide bonds. The van der Waals surface area contributed by atoms with Gasteiger partial charge in [0.1, 0.15) is 0 Å². The van der Waals surface area contributed by atoms with Crippen LogP contribution in [-0.2, 0) is 0 Å². The Balaban J connectivity index is 2.53. The van der Waals surface area contributed by atoms with Crippen LogP contribution < -0.4 is 11.5 Å². The first-order chi connectivity index (χ1) is 7.22. The highest BCUT2D eigenvalue weighted by Crippen LogP contribution is 2.22. The molecule has 4 N–H and O–H groups in total. The Morgan fingerprint density at radius 1 is 1.27 bits per heavy atom. The lowest BCUT2D eigenvalue weighted by Crippen LogP contribution is -2.21. The van der Waals surface area contributed by atoms with Crippen molar-refractivity contribution in [1.29, 1.82) is 0 Å². The smallest absolute Gasteiger partial charge is 0.191 e. The number of rotatable bonds is 5. The van der Waals surface area contributed by atoms with Crippen molar-refractivity contribution in [3.63, 3.8) is 0 Å². The average molecular weight is 223 g/mol. The largest absolute Gasteiger partial charge is 0.370 e. The fourth-order valence-corrected chi connectivity index (χ4v) is 2.10. The van der Waals surface area contributed by atoms with Gasteiger partial charge in [0, 0.05) is 4.90 Å². The summed E-state index contributed by atoms with van der Waals surface area (Å²) in [5.41, 5.74) is 11.4. The Hall–Kier alpha value is -1.16. The maximum Gasteiger partial charge on any atom is 0.191 e. The quantitative estimate of drug-likeness (QED) is 0.349. The van der Waals surface area contributed by atoms with E-state index in [2.05, 4.69) is 11.9 Å². The third-order valence-electron chi connectivity index (χ3n) is 1.86. The minimum absolute atomic E-state index is 0.0985. The predicted octanol–water partition coefficient (Wildman–Crippen LogP) is 2.48. The summed E-state index contributed by atoms with van der Waals surface area (Å²) < 4.78 is 0. The zero-order valence-corrected chi connectivity index (χ0v) is 9.76. The van der Waals surface area contributed by atoms with E-state index < -0.39 is 0 Å². The van der Waals surface area contributed by atoms with Gasteiger partial charge in [0.05, 0.1) is 5.69 Å². The SMILES string of the molecule is CCCCSc1ccc(N=C(N)N)cc1. The molecule has 0 radical (unpaired) electrons. The van der Waals surface area contributed by atoms with Gasteiger partial charge < -0.3 is 11.5 Å². The number of guanidine groups is 1. The summed E-state index contributed by atoms with van der Waals surface area (Å²) in [6, 6.07) is 7.94. The number of thioether (sulfide) groups is 1. The molecule has 0 saturated carbocycles. The molecule has 0 saturated heterocycles.